The zero-order valence-electron chi connectivity index (χ0n) is 18.1. The second-order valence-corrected chi connectivity index (χ2v) is 8.65. The van der Waals surface area contributed by atoms with Crippen LogP contribution in [0.2, 0.25) is 0 Å². The number of imidazole rings is 1. The minimum absolute atomic E-state index is 0.0429. The van der Waals surface area contributed by atoms with E-state index in [0.717, 1.165) is 17.0 Å². The Morgan fingerprint density at radius 2 is 1.84 bits per heavy atom. The van der Waals surface area contributed by atoms with Gasteiger partial charge < -0.3 is 9.47 Å². The Morgan fingerprint density at radius 1 is 1.03 bits per heavy atom. The van der Waals surface area contributed by atoms with Gasteiger partial charge in [0.05, 0.1) is 18.9 Å². The van der Waals surface area contributed by atoms with E-state index in [2.05, 4.69) is 14.7 Å². The average molecular weight is 453 g/mol. The van der Waals surface area contributed by atoms with Crippen LogP contribution in [0.1, 0.15) is 19.5 Å². The van der Waals surface area contributed by atoms with Crippen molar-refractivity contribution in [1.82, 2.24) is 14.4 Å². The van der Waals surface area contributed by atoms with E-state index in [-0.39, 0.29) is 10.6 Å². The second kappa shape index (κ2) is 8.88. The van der Waals surface area contributed by atoms with Crippen molar-refractivity contribution in [2.75, 3.05) is 17.9 Å². The minimum Gasteiger partial charge on any atom is -0.494 e. The molecule has 2 heterocycles. The lowest BCUT2D eigenvalue weighted by Crippen LogP contribution is -2.14. The Balaban J connectivity index is 1.68. The summed E-state index contributed by atoms with van der Waals surface area (Å²) in [5.41, 5.74) is 2.85. The molecule has 166 valence electrons. The Hall–Kier alpha value is -3.59. The van der Waals surface area contributed by atoms with Crippen LogP contribution in [0.3, 0.4) is 0 Å². The molecule has 0 fully saturated rings. The largest absolute Gasteiger partial charge is 0.494 e. The molecule has 4 aromatic rings. The van der Waals surface area contributed by atoms with Gasteiger partial charge in [-0.1, -0.05) is 12.1 Å². The molecule has 0 aliphatic carbocycles. The van der Waals surface area contributed by atoms with Crippen LogP contribution in [0.25, 0.3) is 17.0 Å². The van der Waals surface area contributed by atoms with E-state index in [1.165, 1.54) is 6.07 Å². The predicted octanol–water partition coefficient (Wildman–Crippen LogP) is 4.30. The van der Waals surface area contributed by atoms with Gasteiger partial charge in [0.15, 0.2) is 0 Å². The molecule has 4 rings (SSSR count). The van der Waals surface area contributed by atoms with Crippen molar-refractivity contribution in [3.8, 4) is 22.8 Å². The van der Waals surface area contributed by atoms with Gasteiger partial charge in [-0.15, -0.1) is 0 Å². The SMILES string of the molecule is CCOc1ccc(S(=O)(=O)Nc2cccc(-c3nc4ncccn4c3C)c2)c(OCC)c1. The number of hydrogen-bond donors (Lipinski definition) is 1. The number of fused-ring (bicyclic) bond motifs is 1. The number of nitrogens with one attached hydrogen (secondary N) is 1. The summed E-state index contributed by atoms with van der Waals surface area (Å²) in [6.45, 7) is 6.41. The van der Waals surface area contributed by atoms with Gasteiger partial charge >= 0.3 is 0 Å². The lowest BCUT2D eigenvalue weighted by atomic mass is 10.1. The van der Waals surface area contributed by atoms with Crippen molar-refractivity contribution in [2.24, 2.45) is 0 Å². The van der Waals surface area contributed by atoms with Crippen molar-refractivity contribution >= 4 is 21.5 Å². The van der Waals surface area contributed by atoms with Gasteiger partial charge in [-0.3, -0.25) is 9.12 Å². The van der Waals surface area contributed by atoms with E-state index >= 15 is 0 Å². The first-order valence-corrected chi connectivity index (χ1v) is 11.7. The van der Waals surface area contributed by atoms with E-state index in [0.29, 0.717) is 30.4 Å². The number of aromatic nitrogens is 3. The van der Waals surface area contributed by atoms with E-state index in [1.54, 1.807) is 43.5 Å². The first kappa shape index (κ1) is 21.6. The van der Waals surface area contributed by atoms with Crippen molar-refractivity contribution < 1.29 is 17.9 Å². The molecule has 0 unspecified atom stereocenters. The highest BCUT2D eigenvalue weighted by Gasteiger charge is 2.21. The third-order valence-corrected chi connectivity index (χ3v) is 6.27. The van der Waals surface area contributed by atoms with Crippen LogP contribution in [-0.2, 0) is 10.0 Å². The zero-order valence-corrected chi connectivity index (χ0v) is 18.9. The molecule has 0 saturated carbocycles. The maximum atomic E-state index is 13.2. The number of benzene rings is 2. The monoisotopic (exact) mass is 452 g/mol. The number of nitrogens with zero attached hydrogens (tertiary/aromatic N) is 3. The first-order valence-electron chi connectivity index (χ1n) is 10.3. The molecule has 0 radical (unpaired) electrons. The van der Waals surface area contributed by atoms with Gasteiger partial charge in [-0.25, -0.2) is 18.4 Å². The molecule has 0 aliphatic heterocycles. The normalized spacial score (nSPS) is 11.5. The summed E-state index contributed by atoms with van der Waals surface area (Å²) in [5, 5.41) is 0. The maximum Gasteiger partial charge on any atom is 0.265 e. The van der Waals surface area contributed by atoms with Crippen molar-refractivity contribution in [3.05, 3.63) is 66.6 Å². The van der Waals surface area contributed by atoms with Crippen LogP contribution in [0.15, 0.2) is 65.8 Å². The second-order valence-electron chi connectivity index (χ2n) is 7.00. The van der Waals surface area contributed by atoms with Crippen LogP contribution in [0, 0.1) is 6.92 Å². The maximum absolute atomic E-state index is 13.2. The van der Waals surface area contributed by atoms with Crippen LogP contribution in [-0.4, -0.2) is 36.0 Å². The van der Waals surface area contributed by atoms with Crippen LogP contribution >= 0.6 is 0 Å². The average Bonchev–Trinajstić information content (AvgIpc) is 3.11. The van der Waals surface area contributed by atoms with Gasteiger partial charge in [0.1, 0.15) is 16.4 Å². The molecule has 0 amide bonds. The third kappa shape index (κ3) is 4.24. The fourth-order valence-corrected chi connectivity index (χ4v) is 4.63. The zero-order chi connectivity index (χ0) is 22.7. The van der Waals surface area contributed by atoms with Crippen molar-refractivity contribution in [1.29, 1.82) is 0 Å². The summed E-state index contributed by atoms with van der Waals surface area (Å²) in [7, 11) is -3.90. The standard InChI is InChI=1S/C23H24N4O4S/c1-4-30-19-10-11-21(20(15-19)31-5-2)32(28,29)26-18-9-6-8-17(14-18)22-16(3)27-13-7-12-24-23(27)25-22/h6-15,26H,4-5H2,1-3H3. The third-order valence-electron chi connectivity index (χ3n) is 4.85. The highest BCUT2D eigenvalue weighted by molar-refractivity contribution is 7.92. The van der Waals surface area contributed by atoms with Gasteiger partial charge in [-0.05, 0) is 51.1 Å². The lowest BCUT2D eigenvalue weighted by Gasteiger charge is -2.14. The molecule has 0 atom stereocenters. The first-order chi connectivity index (χ1) is 15.4. The number of aryl methyl sites for hydroxylation is 1. The molecule has 0 spiro atoms. The van der Waals surface area contributed by atoms with Gasteiger partial charge in [-0.2, -0.15) is 0 Å². The predicted molar refractivity (Wildman–Crippen MR) is 123 cm³/mol. The smallest absolute Gasteiger partial charge is 0.265 e. The molecule has 32 heavy (non-hydrogen) atoms. The van der Waals surface area contributed by atoms with Crippen molar-refractivity contribution in [2.45, 2.75) is 25.7 Å². The summed E-state index contributed by atoms with van der Waals surface area (Å²) in [6.07, 6.45) is 3.57. The van der Waals surface area contributed by atoms with E-state index < -0.39 is 10.0 Å². The van der Waals surface area contributed by atoms with E-state index in [1.807, 2.05) is 36.6 Å². The number of hydrogen-bond acceptors (Lipinski definition) is 6. The van der Waals surface area contributed by atoms with Crippen molar-refractivity contribution in [3.63, 3.8) is 0 Å². The fraction of sp³-hybridized carbons (Fsp3) is 0.217. The molecular formula is C23H24N4O4S. The molecule has 2 aromatic heterocycles. The van der Waals surface area contributed by atoms with Crippen LogP contribution in [0.4, 0.5) is 5.69 Å². The molecule has 2 aromatic carbocycles. The quantitative estimate of drug-likeness (QED) is 0.428. The summed E-state index contributed by atoms with van der Waals surface area (Å²) in [5.74, 6) is 1.37. The summed E-state index contributed by atoms with van der Waals surface area (Å²) >= 11 is 0. The lowest BCUT2D eigenvalue weighted by molar-refractivity contribution is 0.317. The number of rotatable bonds is 8. The summed E-state index contributed by atoms with van der Waals surface area (Å²) in [4.78, 5) is 8.90. The Labute approximate surface area is 186 Å². The Kier molecular flexibility index (Phi) is 6.00. The van der Waals surface area contributed by atoms with Gasteiger partial charge in [0, 0.05) is 35.4 Å². The molecule has 0 bridgehead atoms. The summed E-state index contributed by atoms with van der Waals surface area (Å²) in [6, 6.07) is 13.6. The Morgan fingerprint density at radius 3 is 2.59 bits per heavy atom. The highest BCUT2D eigenvalue weighted by Crippen LogP contribution is 2.31. The van der Waals surface area contributed by atoms with E-state index in [9.17, 15) is 8.42 Å². The minimum atomic E-state index is -3.90. The summed E-state index contributed by atoms with van der Waals surface area (Å²) < 4.78 is 41.9. The van der Waals surface area contributed by atoms with Crippen LogP contribution < -0.4 is 14.2 Å². The number of ether oxygens (including phenoxy) is 2. The Bertz CT molecular complexity index is 1370. The van der Waals surface area contributed by atoms with E-state index in [4.69, 9.17) is 9.47 Å². The fourth-order valence-electron chi connectivity index (χ4n) is 3.45. The molecule has 1 N–H and O–H groups in total. The molecule has 0 aliphatic rings. The topological polar surface area (TPSA) is 94.8 Å². The molecule has 8 nitrogen and oxygen atoms in total. The van der Waals surface area contributed by atoms with Gasteiger partial charge in [0.25, 0.3) is 10.0 Å². The van der Waals surface area contributed by atoms with Crippen LogP contribution in [0.5, 0.6) is 11.5 Å². The number of anilines is 1. The molecule has 0 saturated heterocycles. The molecule has 9 heteroatoms. The number of sulfonamides is 1. The highest BCUT2D eigenvalue weighted by atomic mass is 32.2. The van der Waals surface area contributed by atoms with Gasteiger partial charge in [0.2, 0.25) is 5.78 Å². The molecular weight excluding hydrogens is 428 g/mol.